The minimum atomic E-state index is -1.02. The van der Waals surface area contributed by atoms with Crippen LogP contribution in [0.2, 0.25) is 0 Å². The average molecular weight is 373 g/mol. The second-order valence-electron chi connectivity index (χ2n) is 6.35. The second-order valence-corrected chi connectivity index (χ2v) is 6.35. The topological polar surface area (TPSA) is 99.8 Å². The molecule has 0 aliphatic heterocycles. The van der Waals surface area contributed by atoms with E-state index in [0.29, 0.717) is 27.6 Å². The number of fused-ring (bicyclic) bond motifs is 1. The normalized spacial score (nSPS) is 10.9. The van der Waals surface area contributed by atoms with E-state index in [4.69, 9.17) is 5.11 Å². The van der Waals surface area contributed by atoms with Crippen LogP contribution in [-0.4, -0.2) is 25.9 Å². The third-order valence-corrected chi connectivity index (χ3v) is 4.57. The van der Waals surface area contributed by atoms with Gasteiger partial charge in [0, 0.05) is 28.2 Å². The van der Waals surface area contributed by atoms with Gasteiger partial charge in [-0.3, -0.25) is 9.36 Å². The molecule has 4 aromatic rings. The molecule has 0 aliphatic carbocycles. The highest BCUT2D eigenvalue weighted by Crippen LogP contribution is 2.30. The standard InChI is InChI=1S/C22H15NO5/c24-16-7-5-15(6-8-16)23-12-20(13-1-3-14(4-2-13)22(27)28)19-11-17(25)9-10-18(19)21(23)26/h1-12,24-25H,(H,27,28). The van der Waals surface area contributed by atoms with Gasteiger partial charge < -0.3 is 15.3 Å². The number of aromatic carboxylic acids is 1. The number of benzene rings is 3. The molecule has 1 heterocycles. The van der Waals surface area contributed by atoms with Crippen LogP contribution in [0.1, 0.15) is 10.4 Å². The van der Waals surface area contributed by atoms with Crippen molar-refractivity contribution < 1.29 is 20.1 Å². The predicted octanol–water partition coefficient (Wildman–Crippen LogP) is 3.77. The highest BCUT2D eigenvalue weighted by Gasteiger charge is 2.13. The first kappa shape index (κ1) is 17.4. The minimum Gasteiger partial charge on any atom is -0.508 e. The van der Waals surface area contributed by atoms with E-state index >= 15 is 0 Å². The second kappa shape index (κ2) is 6.59. The van der Waals surface area contributed by atoms with Gasteiger partial charge >= 0.3 is 5.97 Å². The number of nitrogens with zero attached hydrogens (tertiary/aromatic N) is 1. The van der Waals surface area contributed by atoms with E-state index in [9.17, 15) is 19.8 Å². The van der Waals surface area contributed by atoms with Crippen molar-refractivity contribution in [2.75, 3.05) is 0 Å². The molecule has 0 aliphatic rings. The van der Waals surface area contributed by atoms with Crippen molar-refractivity contribution in [3.63, 3.8) is 0 Å². The summed E-state index contributed by atoms with van der Waals surface area (Å²) >= 11 is 0. The first-order chi connectivity index (χ1) is 13.4. The molecule has 0 saturated heterocycles. The summed E-state index contributed by atoms with van der Waals surface area (Å²) in [4.78, 5) is 24.1. The molecule has 0 amide bonds. The van der Waals surface area contributed by atoms with Crippen LogP contribution in [0.4, 0.5) is 0 Å². The highest BCUT2D eigenvalue weighted by atomic mass is 16.4. The summed E-state index contributed by atoms with van der Waals surface area (Å²) in [5, 5.41) is 29.5. The number of phenolic OH excluding ortho intramolecular Hbond substituents is 2. The summed E-state index contributed by atoms with van der Waals surface area (Å²) in [5.74, 6) is -0.909. The summed E-state index contributed by atoms with van der Waals surface area (Å²) < 4.78 is 1.46. The fourth-order valence-electron chi connectivity index (χ4n) is 3.16. The summed E-state index contributed by atoms with van der Waals surface area (Å²) in [6.45, 7) is 0. The van der Waals surface area contributed by atoms with Gasteiger partial charge in [-0.15, -0.1) is 0 Å². The van der Waals surface area contributed by atoms with Gasteiger partial charge in [0.1, 0.15) is 11.5 Å². The number of aromatic hydroxyl groups is 2. The Kier molecular flexibility index (Phi) is 4.08. The van der Waals surface area contributed by atoms with Crippen molar-refractivity contribution in [1.82, 2.24) is 4.57 Å². The van der Waals surface area contributed by atoms with Crippen molar-refractivity contribution >= 4 is 16.7 Å². The average Bonchev–Trinajstić information content (AvgIpc) is 2.69. The van der Waals surface area contributed by atoms with Crippen LogP contribution >= 0.6 is 0 Å². The summed E-state index contributed by atoms with van der Waals surface area (Å²) in [6, 6.07) is 17.0. The van der Waals surface area contributed by atoms with Crippen LogP contribution in [0.25, 0.3) is 27.6 Å². The molecule has 0 unspecified atom stereocenters. The Morgan fingerprint density at radius 3 is 2.07 bits per heavy atom. The molecule has 0 fully saturated rings. The first-order valence-corrected chi connectivity index (χ1v) is 8.45. The Labute approximate surface area is 159 Å². The molecular formula is C22H15NO5. The van der Waals surface area contributed by atoms with Crippen molar-refractivity contribution in [2.24, 2.45) is 0 Å². The molecule has 6 heteroatoms. The molecule has 4 rings (SSSR count). The smallest absolute Gasteiger partial charge is 0.335 e. The van der Waals surface area contributed by atoms with E-state index in [1.807, 2.05) is 0 Å². The van der Waals surface area contributed by atoms with Gasteiger partial charge in [-0.05, 0) is 60.2 Å². The molecule has 3 aromatic carbocycles. The fraction of sp³-hybridized carbons (Fsp3) is 0. The largest absolute Gasteiger partial charge is 0.508 e. The number of rotatable bonds is 3. The van der Waals surface area contributed by atoms with E-state index in [1.54, 1.807) is 36.5 Å². The Morgan fingerprint density at radius 2 is 1.43 bits per heavy atom. The van der Waals surface area contributed by atoms with E-state index < -0.39 is 5.97 Å². The fourth-order valence-corrected chi connectivity index (χ4v) is 3.16. The third-order valence-electron chi connectivity index (χ3n) is 4.57. The molecule has 28 heavy (non-hydrogen) atoms. The molecule has 1 aromatic heterocycles. The molecule has 0 bridgehead atoms. The van der Waals surface area contributed by atoms with Crippen LogP contribution in [-0.2, 0) is 0 Å². The molecule has 0 saturated carbocycles. The van der Waals surface area contributed by atoms with E-state index in [1.165, 1.54) is 41.0 Å². The number of carboxylic acids is 1. The number of hydrogen-bond acceptors (Lipinski definition) is 4. The summed E-state index contributed by atoms with van der Waals surface area (Å²) in [7, 11) is 0. The molecule has 138 valence electrons. The molecule has 0 spiro atoms. The van der Waals surface area contributed by atoms with Gasteiger partial charge in [0.15, 0.2) is 0 Å². The Hall–Kier alpha value is -4.06. The summed E-state index contributed by atoms with van der Waals surface area (Å²) in [6.07, 6.45) is 1.65. The van der Waals surface area contributed by atoms with Gasteiger partial charge in [-0.2, -0.15) is 0 Å². The lowest BCUT2D eigenvalue weighted by Crippen LogP contribution is -2.18. The minimum absolute atomic E-state index is 0.0256. The van der Waals surface area contributed by atoms with Crippen LogP contribution in [0.5, 0.6) is 11.5 Å². The lowest BCUT2D eigenvalue weighted by atomic mass is 9.99. The van der Waals surface area contributed by atoms with Crippen LogP contribution < -0.4 is 5.56 Å². The van der Waals surface area contributed by atoms with Crippen molar-refractivity contribution in [3.8, 4) is 28.3 Å². The monoisotopic (exact) mass is 373 g/mol. The van der Waals surface area contributed by atoms with Gasteiger partial charge in [0.05, 0.1) is 5.56 Å². The van der Waals surface area contributed by atoms with Crippen LogP contribution in [0, 0.1) is 0 Å². The number of carboxylic acid groups (broad SMARTS) is 1. The van der Waals surface area contributed by atoms with Crippen LogP contribution in [0.15, 0.2) is 77.7 Å². The van der Waals surface area contributed by atoms with E-state index in [0.717, 1.165) is 0 Å². The zero-order chi connectivity index (χ0) is 19.8. The quantitative estimate of drug-likeness (QED) is 0.508. The van der Waals surface area contributed by atoms with Crippen molar-refractivity contribution in [3.05, 3.63) is 88.8 Å². The molecule has 0 radical (unpaired) electrons. The number of hydrogen-bond donors (Lipinski definition) is 3. The van der Waals surface area contributed by atoms with Gasteiger partial charge in [-0.1, -0.05) is 12.1 Å². The maximum Gasteiger partial charge on any atom is 0.335 e. The zero-order valence-electron chi connectivity index (χ0n) is 14.5. The van der Waals surface area contributed by atoms with Gasteiger partial charge in [-0.25, -0.2) is 4.79 Å². The Morgan fingerprint density at radius 1 is 0.786 bits per heavy atom. The number of carbonyl (C=O) groups is 1. The van der Waals surface area contributed by atoms with Crippen molar-refractivity contribution in [2.45, 2.75) is 0 Å². The first-order valence-electron chi connectivity index (χ1n) is 8.45. The summed E-state index contributed by atoms with van der Waals surface area (Å²) in [5.41, 5.74) is 1.82. The zero-order valence-corrected chi connectivity index (χ0v) is 14.5. The third kappa shape index (κ3) is 2.97. The van der Waals surface area contributed by atoms with Gasteiger partial charge in [0.2, 0.25) is 0 Å². The highest BCUT2D eigenvalue weighted by molar-refractivity contribution is 5.97. The van der Waals surface area contributed by atoms with E-state index in [2.05, 4.69) is 0 Å². The lowest BCUT2D eigenvalue weighted by Gasteiger charge is -2.13. The van der Waals surface area contributed by atoms with Crippen LogP contribution in [0.3, 0.4) is 0 Å². The Bertz CT molecular complexity index is 1260. The van der Waals surface area contributed by atoms with Gasteiger partial charge in [0.25, 0.3) is 5.56 Å². The number of pyridine rings is 1. The lowest BCUT2D eigenvalue weighted by molar-refractivity contribution is 0.0697. The SMILES string of the molecule is O=C(O)c1ccc(-c2cn(-c3ccc(O)cc3)c(=O)c3ccc(O)cc23)cc1. The Balaban J connectivity index is 2.02. The van der Waals surface area contributed by atoms with E-state index in [-0.39, 0.29) is 22.6 Å². The molecule has 0 atom stereocenters. The maximum absolute atomic E-state index is 13.0. The predicted molar refractivity (Wildman–Crippen MR) is 105 cm³/mol. The number of phenols is 2. The van der Waals surface area contributed by atoms with Crippen molar-refractivity contribution in [1.29, 1.82) is 0 Å². The molecular weight excluding hydrogens is 358 g/mol. The number of aromatic nitrogens is 1. The molecule has 3 N–H and O–H groups in total. The molecule has 6 nitrogen and oxygen atoms in total. The maximum atomic E-state index is 13.0.